The van der Waals surface area contributed by atoms with E-state index < -0.39 is 5.97 Å². The van der Waals surface area contributed by atoms with Gasteiger partial charge >= 0.3 is 5.97 Å². The maximum Gasteiger partial charge on any atom is 0.363 e. The van der Waals surface area contributed by atoms with Crippen molar-refractivity contribution in [3.05, 3.63) is 82.7 Å². The molecule has 1 aromatic heterocycles. The standard InChI is InChI=1S/C22H15ClN2O4/c1-13(26)24-17-8-4-15(5-9-17)21-25-19(22(27)29-21)12-18-10-11-20(28-18)14-2-6-16(23)7-3-14/h2-12H,1H3,(H,24,26)/b19-12-. The van der Waals surface area contributed by atoms with Gasteiger partial charge < -0.3 is 14.5 Å². The Morgan fingerprint density at radius 3 is 2.38 bits per heavy atom. The molecule has 0 unspecified atom stereocenters. The van der Waals surface area contributed by atoms with Crippen molar-refractivity contribution in [3.8, 4) is 11.3 Å². The number of furan rings is 1. The van der Waals surface area contributed by atoms with Crippen molar-refractivity contribution >= 4 is 41.1 Å². The Balaban J connectivity index is 1.55. The molecule has 1 N–H and O–H groups in total. The van der Waals surface area contributed by atoms with Crippen molar-refractivity contribution in [2.45, 2.75) is 6.92 Å². The lowest BCUT2D eigenvalue weighted by molar-refractivity contribution is -0.130. The summed E-state index contributed by atoms with van der Waals surface area (Å²) in [6.45, 7) is 1.43. The molecule has 0 spiro atoms. The Hall–Kier alpha value is -3.64. The smallest absolute Gasteiger partial charge is 0.363 e. The highest BCUT2D eigenvalue weighted by molar-refractivity contribution is 6.30. The molecule has 0 radical (unpaired) electrons. The molecule has 3 aromatic rings. The van der Waals surface area contributed by atoms with Gasteiger partial charge in [-0.2, -0.15) is 0 Å². The van der Waals surface area contributed by atoms with Gasteiger partial charge in [0.25, 0.3) is 0 Å². The summed E-state index contributed by atoms with van der Waals surface area (Å²) in [4.78, 5) is 27.5. The zero-order valence-electron chi connectivity index (χ0n) is 15.3. The molecule has 0 saturated carbocycles. The molecule has 2 aromatic carbocycles. The van der Waals surface area contributed by atoms with Crippen LogP contribution in [0.3, 0.4) is 0 Å². The lowest BCUT2D eigenvalue weighted by Gasteiger charge is -2.03. The summed E-state index contributed by atoms with van der Waals surface area (Å²) in [5.41, 5.74) is 2.28. The molecule has 7 heteroatoms. The second kappa shape index (κ2) is 7.77. The van der Waals surface area contributed by atoms with Crippen molar-refractivity contribution in [2.24, 2.45) is 4.99 Å². The van der Waals surface area contributed by atoms with Crippen LogP contribution < -0.4 is 5.32 Å². The molecule has 1 aliphatic heterocycles. The normalized spacial score (nSPS) is 14.6. The van der Waals surface area contributed by atoms with Crippen LogP contribution in [0.15, 0.2) is 75.8 Å². The van der Waals surface area contributed by atoms with Gasteiger partial charge in [-0.3, -0.25) is 4.79 Å². The first kappa shape index (κ1) is 18.7. The van der Waals surface area contributed by atoms with Crippen molar-refractivity contribution in [2.75, 3.05) is 5.32 Å². The third kappa shape index (κ3) is 4.28. The van der Waals surface area contributed by atoms with Gasteiger partial charge in [-0.25, -0.2) is 9.79 Å². The van der Waals surface area contributed by atoms with Crippen LogP contribution in [0, 0.1) is 0 Å². The summed E-state index contributed by atoms with van der Waals surface area (Å²) in [7, 11) is 0. The van der Waals surface area contributed by atoms with Gasteiger partial charge in [-0.05, 0) is 60.7 Å². The Morgan fingerprint density at radius 1 is 1.00 bits per heavy atom. The number of rotatable bonds is 4. The highest BCUT2D eigenvalue weighted by atomic mass is 35.5. The number of carbonyl (C=O) groups excluding carboxylic acids is 2. The van der Waals surface area contributed by atoms with E-state index in [-0.39, 0.29) is 17.5 Å². The zero-order chi connectivity index (χ0) is 20.4. The second-order valence-electron chi connectivity index (χ2n) is 6.30. The number of aliphatic imine (C=N–C) groups is 1. The van der Waals surface area contributed by atoms with Crippen LogP contribution in [-0.4, -0.2) is 17.8 Å². The van der Waals surface area contributed by atoms with Crippen LogP contribution in [0.4, 0.5) is 5.69 Å². The van der Waals surface area contributed by atoms with Gasteiger partial charge in [0, 0.05) is 34.8 Å². The number of esters is 1. The molecular formula is C22H15ClN2O4. The van der Waals surface area contributed by atoms with E-state index in [0.717, 1.165) is 5.56 Å². The SMILES string of the molecule is CC(=O)Nc1ccc(C2=N/C(=C\c3ccc(-c4ccc(Cl)cc4)o3)C(=O)O2)cc1. The number of anilines is 1. The van der Waals surface area contributed by atoms with Crippen LogP contribution in [-0.2, 0) is 14.3 Å². The van der Waals surface area contributed by atoms with E-state index in [4.69, 9.17) is 20.8 Å². The summed E-state index contributed by atoms with van der Waals surface area (Å²) in [6.07, 6.45) is 1.53. The van der Waals surface area contributed by atoms with Gasteiger partial charge in [0.1, 0.15) is 11.5 Å². The summed E-state index contributed by atoms with van der Waals surface area (Å²) in [5.74, 6) is 0.602. The molecule has 0 atom stereocenters. The van der Waals surface area contributed by atoms with Gasteiger partial charge in [0.15, 0.2) is 5.70 Å². The topological polar surface area (TPSA) is 80.9 Å². The average molecular weight is 407 g/mol. The summed E-state index contributed by atoms with van der Waals surface area (Å²) < 4.78 is 11.0. The first-order chi connectivity index (χ1) is 14.0. The van der Waals surface area contributed by atoms with E-state index in [1.165, 1.54) is 13.0 Å². The van der Waals surface area contributed by atoms with E-state index in [1.807, 2.05) is 12.1 Å². The van der Waals surface area contributed by atoms with Crippen molar-refractivity contribution in [1.29, 1.82) is 0 Å². The molecule has 29 heavy (non-hydrogen) atoms. The van der Waals surface area contributed by atoms with Gasteiger partial charge in [-0.1, -0.05) is 11.6 Å². The Labute approximate surface area is 171 Å². The minimum absolute atomic E-state index is 0.142. The van der Waals surface area contributed by atoms with Crippen LogP contribution in [0.1, 0.15) is 18.2 Å². The fourth-order valence-electron chi connectivity index (χ4n) is 2.77. The molecule has 1 amide bonds. The number of cyclic esters (lactones) is 1. The van der Waals surface area contributed by atoms with E-state index in [0.29, 0.717) is 27.8 Å². The molecule has 0 fully saturated rings. The quantitative estimate of drug-likeness (QED) is 0.493. The van der Waals surface area contributed by atoms with E-state index >= 15 is 0 Å². The third-order valence-electron chi connectivity index (χ3n) is 4.11. The number of carbonyl (C=O) groups is 2. The number of nitrogens with one attached hydrogen (secondary N) is 1. The van der Waals surface area contributed by atoms with Crippen molar-refractivity contribution < 1.29 is 18.7 Å². The predicted octanol–water partition coefficient (Wildman–Crippen LogP) is 4.90. The maximum absolute atomic E-state index is 12.2. The third-order valence-corrected chi connectivity index (χ3v) is 4.36. The van der Waals surface area contributed by atoms with Gasteiger partial charge in [0.2, 0.25) is 11.8 Å². The highest BCUT2D eigenvalue weighted by Gasteiger charge is 2.24. The second-order valence-corrected chi connectivity index (χ2v) is 6.74. The number of amides is 1. The fraction of sp³-hybridized carbons (Fsp3) is 0.0455. The fourth-order valence-corrected chi connectivity index (χ4v) is 2.89. The molecule has 4 rings (SSSR count). The number of hydrogen-bond acceptors (Lipinski definition) is 5. The maximum atomic E-state index is 12.2. The molecule has 0 bridgehead atoms. The molecule has 144 valence electrons. The monoisotopic (exact) mass is 406 g/mol. The predicted molar refractivity (Wildman–Crippen MR) is 111 cm³/mol. The first-order valence-corrected chi connectivity index (χ1v) is 9.12. The zero-order valence-corrected chi connectivity index (χ0v) is 16.1. The summed E-state index contributed by atoms with van der Waals surface area (Å²) in [6, 6.07) is 17.7. The lowest BCUT2D eigenvalue weighted by Crippen LogP contribution is -2.07. The highest BCUT2D eigenvalue weighted by Crippen LogP contribution is 2.26. The molecule has 0 aliphatic carbocycles. The number of benzene rings is 2. The van der Waals surface area contributed by atoms with Crippen LogP contribution >= 0.6 is 11.6 Å². The largest absolute Gasteiger partial charge is 0.457 e. The van der Waals surface area contributed by atoms with Gasteiger partial charge in [0.05, 0.1) is 0 Å². The summed E-state index contributed by atoms with van der Waals surface area (Å²) in [5, 5.41) is 3.32. The Morgan fingerprint density at radius 2 is 1.69 bits per heavy atom. The molecule has 2 heterocycles. The van der Waals surface area contributed by atoms with Crippen LogP contribution in [0.25, 0.3) is 17.4 Å². The number of ether oxygens (including phenoxy) is 1. The minimum atomic E-state index is -0.560. The number of nitrogens with zero attached hydrogens (tertiary/aromatic N) is 1. The Kier molecular flexibility index (Phi) is 5.01. The first-order valence-electron chi connectivity index (χ1n) is 8.74. The van der Waals surface area contributed by atoms with Crippen LogP contribution in [0.5, 0.6) is 0 Å². The van der Waals surface area contributed by atoms with Crippen molar-refractivity contribution in [1.82, 2.24) is 0 Å². The van der Waals surface area contributed by atoms with E-state index in [2.05, 4.69) is 10.3 Å². The average Bonchev–Trinajstić information content (AvgIpc) is 3.30. The number of hydrogen-bond donors (Lipinski definition) is 1. The van der Waals surface area contributed by atoms with Gasteiger partial charge in [-0.15, -0.1) is 0 Å². The lowest BCUT2D eigenvalue weighted by atomic mass is 10.2. The molecule has 6 nitrogen and oxygen atoms in total. The van der Waals surface area contributed by atoms with Crippen molar-refractivity contribution in [3.63, 3.8) is 0 Å². The van der Waals surface area contributed by atoms with Crippen LogP contribution in [0.2, 0.25) is 5.02 Å². The Bertz CT molecular complexity index is 1140. The summed E-state index contributed by atoms with van der Waals surface area (Å²) >= 11 is 5.90. The van der Waals surface area contributed by atoms with E-state index in [9.17, 15) is 9.59 Å². The minimum Gasteiger partial charge on any atom is -0.457 e. The molecule has 1 aliphatic rings. The van der Waals surface area contributed by atoms with E-state index in [1.54, 1.807) is 48.5 Å². The molecule has 0 saturated heterocycles. The molecular weight excluding hydrogens is 392 g/mol. The number of halogens is 1.